The highest BCUT2D eigenvalue weighted by Crippen LogP contribution is 2.15. The van der Waals surface area contributed by atoms with Crippen LogP contribution in [0.2, 0.25) is 0 Å². The molecule has 1 fully saturated rings. The molecule has 1 aromatic carbocycles. The number of hydrogen-bond acceptors (Lipinski definition) is 8. The summed E-state index contributed by atoms with van der Waals surface area (Å²) >= 11 is 0. The molecular formula is C17H22N4O4. The number of β-amino-alcohol motifs (C(OH)–C–C–N with tert-alkyl or cyclic N) is 1. The number of esters is 1. The average molecular weight is 346 g/mol. The Morgan fingerprint density at radius 1 is 1.32 bits per heavy atom. The molecule has 2 heterocycles. The van der Waals surface area contributed by atoms with Crippen LogP contribution in [0.5, 0.6) is 0 Å². The second-order valence-electron chi connectivity index (χ2n) is 5.79. The molecule has 1 aromatic rings. The van der Waals surface area contributed by atoms with Gasteiger partial charge in [0.25, 0.3) is 0 Å². The fraction of sp³-hybridized carbons (Fsp3) is 0.412. The lowest BCUT2D eigenvalue weighted by molar-refractivity contribution is 0.0600. The second kappa shape index (κ2) is 8.00. The molecule has 0 unspecified atom stereocenters. The standard InChI is InChI=1S/C17H22N4O4/c1-24-16(23)14-4-2-13(3-5-14)12-15-18-17(19-25-15)21-8-6-20(7-9-21)10-11-22/h2-5,12,22H,6-11H2,1H3,(H,18,19)/b15-12-. The van der Waals surface area contributed by atoms with Crippen LogP contribution in [-0.2, 0) is 9.57 Å². The van der Waals surface area contributed by atoms with Crippen LogP contribution in [0, 0.1) is 0 Å². The van der Waals surface area contributed by atoms with Crippen molar-refractivity contribution in [2.75, 3.05) is 46.4 Å². The number of hydroxylamine groups is 1. The Morgan fingerprint density at radius 3 is 2.68 bits per heavy atom. The Kier molecular flexibility index (Phi) is 5.52. The van der Waals surface area contributed by atoms with E-state index >= 15 is 0 Å². The highest BCUT2D eigenvalue weighted by Gasteiger charge is 2.23. The van der Waals surface area contributed by atoms with Crippen LogP contribution in [0.4, 0.5) is 0 Å². The number of benzene rings is 1. The minimum absolute atomic E-state index is 0.184. The summed E-state index contributed by atoms with van der Waals surface area (Å²) in [4.78, 5) is 25.6. The summed E-state index contributed by atoms with van der Waals surface area (Å²) in [7, 11) is 1.36. The molecule has 134 valence electrons. The number of aliphatic hydroxyl groups excluding tert-OH is 1. The molecule has 25 heavy (non-hydrogen) atoms. The summed E-state index contributed by atoms with van der Waals surface area (Å²) in [6.07, 6.45) is 1.79. The Hall–Kier alpha value is -2.58. The van der Waals surface area contributed by atoms with E-state index in [-0.39, 0.29) is 12.6 Å². The molecule has 0 spiro atoms. The van der Waals surface area contributed by atoms with Crippen LogP contribution in [0.25, 0.3) is 6.08 Å². The fourth-order valence-corrected chi connectivity index (χ4v) is 2.75. The number of methoxy groups -OCH3 is 1. The fourth-order valence-electron chi connectivity index (χ4n) is 2.75. The zero-order valence-corrected chi connectivity index (χ0v) is 14.1. The molecule has 2 aliphatic rings. The number of nitrogens with one attached hydrogen (secondary N) is 1. The Morgan fingerprint density at radius 2 is 2.04 bits per heavy atom. The lowest BCUT2D eigenvalue weighted by Crippen LogP contribution is -2.51. The summed E-state index contributed by atoms with van der Waals surface area (Å²) in [5.74, 6) is 0.804. The van der Waals surface area contributed by atoms with Crippen LogP contribution in [0.1, 0.15) is 15.9 Å². The number of nitrogens with zero attached hydrogens (tertiary/aromatic N) is 3. The summed E-state index contributed by atoms with van der Waals surface area (Å²) in [6.45, 7) is 4.32. The molecule has 1 saturated heterocycles. The van der Waals surface area contributed by atoms with Crippen molar-refractivity contribution in [3.8, 4) is 0 Å². The molecule has 0 bridgehead atoms. The van der Waals surface area contributed by atoms with E-state index in [1.54, 1.807) is 18.2 Å². The van der Waals surface area contributed by atoms with E-state index in [9.17, 15) is 4.79 Å². The van der Waals surface area contributed by atoms with Gasteiger partial charge in [-0.2, -0.15) is 10.5 Å². The highest BCUT2D eigenvalue weighted by atomic mass is 16.7. The molecule has 0 saturated carbocycles. The third kappa shape index (κ3) is 4.28. The summed E-state index contributed by atoms with van der Waals surface area (Å²) < 4.78 is 4.68. The van der Waals surface area contributed by atoms with Gasteiger partial charge in [0, 0.05) is 38.8 Å². The summed E-state index contributed by atoms with van der Waals surface area (Å²) in [6, 6.07) is 7.02. The van der Waals surface area contributed by atoms with E-state index < -0.39 is 0 Å². The number of guanidine groups is 1. The van der Waals surface area contributed by atoms with Gasteiger partial charge in [-0.25, -0.2) is 4.79 Å². The van der Waals surface area contributed by atoms with Gasteiger partial charge in [0.1, 0.15) is 0 Å². The minimum Gasteiger partial charge on any atom is -0.465 e. The van der Waals surface area contributed by atoms with Gasteiger partial charge in [0.05, 0.1) is 19.3 Å². The highest BCUT2D eigenvalue weighted by molar-refractivity contribution is 5.89. The van der Waals surface area contributed by atoms with Gasteiger partial charge in [0.2, 0.25) is 11.8 Å². The van der Waals surface area contributed by atoms with Crippen LogP contribution in [-0.4, -0.2) is 73.3 Å². The van der Waals surface area contributed by atoms with Gasteiger partial charge in [-0.3, -0.25) is 4.90 Å². The van der Waals surface area contributed by atoms with E-state index in [4.69, 9.17) is 9.94 Å². The number of piperazine rings is 1. The molecule has 8 nitrogen and oxygen atoms in total. The number of hydrogen-bond donors (Lipinski definition) is 2. The third-order valence-corrected chi connectivity index (χ3v) is 4.17. The van der Waals surface area contributed by atoms with Crippen LogP contribution in [0.15, 0.2) is 35.1 Å². The first kappa shape index (κ1) is 17.2. The molecule has 0 amide bonds. The summed E-state index contributed by atoms with van der Waals surface area (Å²) in [5, 5.41) is 8.99. The largest absolute Gasteiger partial charge is 0.465 e. The van der Waals surface area contributed by atoms with E-state index in [0.717, 1.165) is 31.7 Å². The quantitative estimate of drug-likeness (QED) is 0.757. The number of aliphatic hydroxyl groups is 1. The number of carbonyl (C=O) groups excluding carboxylic acids is 1. The van der Waals surface area contributed by atoms with Crippen LogP contribution in [0.3, 0.4) is 0 Å². The first-order valence-electron chi connectivity index (χ1n) is 8.19. The van der Waals surface area contributed by atoms with Crippen molar-refractivity contribution in [1.82, 2.24) is 15.3 Å². The predicted octanol–water partition coefficient (Wildman–Crippen LogP) is 0.272. The normalized spacial score (nSPS) is 19.4. The van der Waals surface area contributed by atoms with Gasteiger partial charge in [0.15, 0.2) is 0 Å². The third-order valence-electron chi connectivity index (χ3n) is 4.17. The van der Waals surface area contributed by atoms with Crippen LogP contribution >= 0.6 is 0 Å². The molecule has 0 radical (unpaired) electrons. The SMILES string of the molecule is COC(=O)c1ccc(/C=C2/N=C(N3CCN(CCO)CC3)NO2)cc1. The van der Waals surface area contributed by atoms with E-state index in [1.807, 2.05) is 12.1 Å². The van der Waals surface area contributed by atoms with Crippen molar-refractivity contribution >= 4 is 18.0 Å². The lowest BCUT2D eigenvalue weighted by Gasteiger charge is -2.34. The maximum Gasteiger partial charge on any atom is 0.337 e. The monoisotopic (exact) mass is 346 g/mol. The number of aliphatic imine (C=N–C) groups is 1. The topological polar surface area (TPSA) is 86.6 Å². The van der Waals surface area contributed by atoms with Gasteiger partial charge in [-0.05, 0) is 17.7 Å². The predicted molar refractivity (Wildman–Crippen MR) is 92.5 cm³/mol. The molecule has 2 aliphatic heterocycles. The molecule has 0 aromatic heterocycles. The molecule has 0 atom stereocenters. The van der Waals surface area contributed by atoms with Gasteiger partial charge >= 0.3 is 5.97 Å². The zero-order chi connectivity index (χ0) is 17.6. The Bertz CT molecular complexity index is 664. The van der Waals surface area contributed by atoms with Crippen molar-refractivity contribution in [2.45, 2.75) is 0 Å². The maximum atomic E-state index is 11.4. The molecule has 8 heteroatoms. The number of carbonyl (C=O) groups is 1. The van der Waals surface area contributed by atoms with Crippen LogP contribution < -0.4 is 5.48 Å². The number of ether oxygens (including phenoxy) is 1. The van der Waals surface area contributed by atoms with Crippen molar-refractivity contribution in [1.29, 1.82) is 0 Å². The first-order chi connectivity index (χ1) is 12.2. The Labute approximate surface area is 146 Å². The zero-order valence-electron chi connectivity index (χ0n) is 14.1. The van der Waals surface area contributed by atoms with Gasteiger partial charge in [-0.1, -0.05) is 12.1 Å². The van der Waals surface area contributed by atoms with E-state index in [2.05, 4.69) is 25.0 Å². The summed E-state index contributed by atoms with van der Waals surface area (Å²) in [5.41, 5.74) is 4.22. The van der Waals surface area contributed by atoms with E-state index in [0.29, 0.717) is 24.0 Å². The molecular weight excluding hydrogens is 324 g/mol. The van der Waals surface area contributed by atoms with Crippen molar-refractivity contribution in [2.24, 2.45) is 4.99 Å². The van der Waals surface area contributed by atoms with Crippen molar-refractivity contribution < 1.29 is 19.5 Å². The first-order valence-corrected chi connectivity index (χ1v) is 8.19. The number of rotatable bonds is 4. The average Bonchev–Trinajstić information content (AvgIpc) is 3.11. The lowest BCUT2D eigenvalue weighted by atomic mass is 10.1. The Balaban J connectivity index is 1.61. The van der Waals surface area contributed by atoms with Gasteiger partial charge < -0.3 is 19.6 Å². The maximum absolute atomic E-state index is 11.4. The van der Waals surface area contributed by atoms with Gasteiger partial charge in [-0.15, -0.1) is 0 Å². The molecule has 2 N–H and O–H groups in total. The molecule has 0 aliphatic carbocycles. The molecule has 3 rings (SSSR count). The van der Waals surface area contributed by atoms with Crippen molar-refractivity contribution in [3.05, 3.63) is 41.3 Å². The second-order valence-corrected chi connectivity index (χ2v) is 5.79. The van der Waals surface area contributed by atoms with Crippen molar-refractivity contribution in [3.63, 3.8) is 0 Å². The minimum atomic E-state index is -0.362. The smallest absolute Gasteiger partial charge is 0.337 e. The van der Waals surface area contributed by atoms with E-state index in [1.165, 1.54) is 7.11 Å².